The molecule has 0 atom stereocenters. The van der Waals surface area contributed by atoms with Crippen molar-refractivity contribution in [1.82, 2.24) is 9.97 Å². The van der Waals surface area contributed by atoms with Gasteiger partial charge in [-0.1, -0.05) is 12.0 Å². The van der Waals surface area contributed by atoms with Crippen LogP contribution >= 0.6 is 0 Å². The van der Waals surface area contributed by atoms with Crippen LogP contribution in [0.5, 0.6) is 0 Å². The molecule has 0 aliphatic carbocycles. The molecule has 1 aromatic heterocycles. The van der Waals surface area contributed by atoms with Gasteiger partial charge >= 0.3 is 5.97 Å². The number of fused-ring (bicyclic) bond motifs is 1. The van der Waals surface area contributed by atoms with Crippen LogP contribution in [0.3, 0.4) is 0 Å². The van der Waals surface area contributed by atoms with Gasteiger partial charge in [0.25, 0.3) is 11.2 Å². The fourth-order valence-electron chi connectivity index (χ4n) is 3.02. The Bertz CT molecular complexity index is 1230. The van der Waals surface area contributed by atoms with Crippen LogP contribution in [0.4, 0.5) is 11.4 Å². The number of aromatic nitrogens is 2. The molecule has 1 heterocycles. The number of carboxylic acids is 1. The summed E-state index contributed by atoms with van der Waals surface area (Å²) in [4.78, 5) is 42.5. The summed E-state index contributed by atoms with van der Waals surface area (Å²) >= 11 is 0. The van der Waals surface area contributed by atoms with E-state index in [9.17, 15) is 19.7 Å². The molecule has 0 bridgehead atoms. The molecule has 0 aliphatic rings. The minimum atomic E-state index is -1.39. The van der Waals surface area contributed by atoms with Gasteiger partial charge in [-0.05, 0) is 36.8 Å². The number of aromatic amines is 1. The Balaban J connectivity index is 2.01. The number of hydrogen-bond donors (Lipinski definition) is 2. The fourth-order valence-corrected chi connectivity index (χ4v) is 3.02. The van der Waals surface area contributed by atoms with Gasteiger partial charge in [-0.2, -0.15) is 0 Å². The Morgan fingerprint density at radius 1 is 1.34 bits per heavy atom. The Morgan fingerprint density at radius 2 is 2.10 bits per heavy atom. The van der Waals surface area contributed by atoms with Crippen molar-refractivity contribution in [3.63, 3.8) is 0 Å². The zero-order chi connectivity index (χ0) is 21.1. The van der Waals surface area contributed by atoms with Crippen molar-refractivity contribution in [3.8, 4) is 12.3 Å². The van der Waals surface area contributed by atoms with E-state index in [0.717, 1.165) is 5.56 Å². The third kappa shape index (κ3) is 4.06. The second-order valence-corrected chi connectivity index (χ2v) is 6.33. The number of terminal acetylenes is 1. The molecule has 29 heavy (non-hydrogen) atoms. The Labute approximate surface area is 164 Å². The normalized spacial score (nSPS) is 10.5. The van der Waals surface area contributed by atoms with Gasteiger partial charge < -0.3 is 15.0 Å². The molecule has 0 saturated heterocycles. The number of aromatic carboxylic acids is 1. The van der Waals surface area contributed by atoms with E-state index >= 15 is 0 Å². The van der Waals surface area contributed by atoms with Gasteiger partial charge in [0.2, 0.25) is 0 Å². The molecule has 9 nitrogen and oxygen atoms in total. The molecule has 3 aromatic rings. The van der Waals surface area contributed by atoms with E-state index < -0.39 is 22.1 Å². The third-order valence-corrected chi connectivity index (χ3v) is 4.32. The first-order valence-electron chi connectivity index (χ1n) is 8.50. The Morgan fingerprint density at radius 3 is 2.76 bits per heavy atom. The molecular formula is C20H16N4O5. The molecular weight excluding hydrogens is 376 g/mol. The standard InChI is InChI=1S/C20H16N4O5/c1-3-8-23(14-5-6-15(20(26)27)18(10-14)24(28)29)11-13-4-7-17-16(9-13)19(25)22-12(2)21-17/h1,4-7,9-10H,8,11H2,2H3,(H,26,27)(H,21,22,25). The number of hydrogen-bond acceptors (Lipinski definition) is 6. The fraction of sp³-hybridized carbons (Fsp3) is 0.150. The summed E-state index contributed by atoms with van der Waals surface area (Å²) in [7, 11) is 0. The molecule has 0 fully saturated rings. The average molecular weight is 392 g/mol. The van der Waals surface area contributed by atoms with Crippen LogP contribution in [-0.2, 0) is 6.54 Å². The van der Waals surface area contributed by atoms with Gasteiger partial charge in [-0.15, -0.1) is 6.42 Å². The van der Waals surface area contributed by atoms with Gasteiger partial charge in [-0.25, -0.2) is 9.78 Å². The summed E-state index contributed by atoms with van der Waals surface area (Å²) in [5.41, 5.74) is 0.508. The topological polar surface area (TPSA) is 129 Å². The van der Waals surface area contributed by atoms with E-state index in [1.165, 1.54) is 18.2 Å². The van der Waals surface area contributed by atoms with Crippen molar-refractivity contribution >= 4 is 28.2 Å². The van der Waals surface area contributed by atoms with Crippen LogP contribution in [0.2, 0.25) is 0 Å². The van der Waals surface area contributed by atoms with Crippen LogP contribution in [0, 0.1) is 29.4 Å². The number of rotatable bonds is 6. The number of carbonyl (C=O) groups is 1. The predicted octanol–water partition coefficient (Wildman–Crippen LogP) is 2.48. The van der Waals surface area contributed by atoms with Crippen LogP contribution in [-0.4, -0.2) is 32.5 Å². The monoisotopic (exact) mass is 392 g/mol. The molecule has 0 saturated carbocycles. The first-order valence-corrected chi connectivity index (χ1v) is 8.50. The lowest BCUT2D eigenvalue weighted by atomic mass is 10.1. The molecule has 2 aromatic carbocycles. The van der Waals surface area contributed by atoms with Crippen LogP contribution < -0.4 is 10.5 Å². The van der Waals surface area contributed by atoms with E-state index in [2.05, 4.69) is 15.9 Å². The number of carboxylic acid groups (broad SMARTS) is 1. The quantitative estimate of drug-likeness (QED) is 0.374. The van der Waals surface area contributed by atoms with Crippen LogP contribution in [0.15, 0.2) is 41.2 Å². The number of anilines is 1. The maximum atomic E-state index is 12.2. The number of nitro benzene ring substituents is 1. The van der Waals surface area contributed by atoms with Gasteiger partial charge in [-0.3, -0.25) is 14.9 Å². The first kappa shape index (κ1) is 19.6. The highest BCUT2D eigenvalue weighted by molar-refractivity contribution is 5.93. The second-order valence-electron chi connectivity index (χ2n) is 6.33. The molecule has 0 aliphatic heterocycles. The lowest BCUT2D eigenvalue weighted by Crippen LogP contribution is -2.23. The minimum Gasteiger partial charge on any atom is -0.477 e. The number of benzene rings is 2. The molecule has 2 N–H and O–H groups in total. The van der Waals surface area contributed by atoms with E-state index in [-0.39, 0.29) is 18.6 Å². The maximum absolute atomic E-state index is 12.2. The number of nitro groups is 1. The van der Waals surface area contributed by atoms with E-state index in [4.69, 9.17) is 11.5 Å². The second kappa shape index (κ2) is 7.82. The maximum Gasteiger partial charge on any atom is 0.342 e. The van der Waals surface area contributed by atoms with E-state index in [0.29, 0.717) is 22.4 Å². The van der Waals surface area contributed by atoms with Crippen LogP contribution in [0.25, 0.3) is 10.9 Å². The molecule has 0 amide bonds. The zero-order valence-electron chi connectivity index (χ0n) is 15.4. The van der Waals surface area contributed by atoms with Crippen molar-refractivity contribution in [2.75, 3.05) is 11.4 Å². The summed E-state index contributed by atoms with van der Waals surface area (Å²) in [5, 5.41) is 20.8. The van der Waals surface area contributed by atoms with E-state index in [1.54, 1.807) is 30.0 Å². The number of aryl methyl sites for hydroxylation is 1. The average Bonchev–Trinajstić information content (AvgIpc) is 2.67. The first-order chi connectivity index (χ1) is 13.8. The smallest absolute Gasteiger partial charge is 0.342 e. The lowest BCUT2D eigenvalue weighted by molar-refractivity contribution is -0.385. The SMILES string of the molecule is C#CCN(Cc1ccc2nc(C)[nH]c(=O)c2c1)c1ccc(C(=O)O)c([N+](=O)[O-])c1. The van der Waals surface area contributed by atoms with Crippen molar-refractivity contribution in [2.24, 2.45) is 0 Å². The molecule has 0 radical (unpaired) electrons. The lowest BCUT2D eigenvalue weighted by Gasteiger charge is -2.23. The highest BCUT2D eigenvalue weighted by Crippen LogP contribution is 2.27. The summed E-state index contributed by atoms with van der Waals surface area (Å²) in [5.74, 6) is 1.61. The summed E-state index contributed by atoms with van der Waals surface area (Å²) in [6, 6.07) is 9.02. The minimum absolute atomic E-state index is 0.129. The molecule has 0 spiro atoms. The number of nitrogens with zero attached hydrogens (tertiary/aromatic N) is 3. The van der Waals surface area contributed by atoms with E-state index in [1.807, 2.05) is 0 Å². The Hall–Kier alpha value is -4.19. The number of H-pyrrole nitrogens is 1. The molecule has 9 heteroatoms. The molecule has 0 unspecified atom stereocenters. The third-order valence-electron chi connectivity index (χ3n) is 4.32. The van der Waals surface area contributed by atoms with Gasteiger partial charge in [0.15, 0.2) is 0 Å². The summed E-state index contributed by atoms with van der Waals surface area (Å²) in [6.07, 6.45) is 5.44. The van der Waals surface area contributed by atoms with Gasteiger partial charge in [0.1, 0.15) is 11.4 Å². The summed E-state index contributed by atoms with van der Waals surface area (Å²) < 4.78 is 0. The van der Waals surface area contributed by atoms with Crippen molar-refractivity contribution in [2.45, 2.75) is 13.5 Å². The van der Waals surface area contributed by atoms with Crippen molar-refractivity contribution in [1.29, 1.82) is 0 Å². The highest BCUT2D eigenvalue weighted by atomic mass is 16.6. The van der Waals surface area contributed by atoms with Crippen LogP contribution in [0.1, 0.15) is 21.7 Å². The Kier molecular flexibility index (Phi) is 5.27. The summed E-state index contributed by atoms with van der Waals surface area (Å²) in [6.45, 7) is 2.08. The number of nitrogens with one attached hydrogen (secondary N) is 1. The van der Waals surface area contributed by atoms with Crippen molar-refractivity contribution < 1.29 is 14.8 Å². The van der Waals surface area contributed by atoms with Gasteiger partial charge in [0.05, 0.1) is 22.4 Å². The zero-order valence-corrected chi connectivity index (χ0v) is 15.4. The molecule has 146 valence electrons. The largest absolute Gasteiger partial charge is 0.477 e. The van der Waals surface area contributed by atoms with Crippen molar-refractivity contribution in [3.05, 3.63) is 73.8 Å². The highest BCUT2D eigenvalue weighted by Gasteiger charge is 2.22. The predicted molar refractivity (Wildman–Crippen MR) is 107 cm³/mol. The van der Waals surface area contributed by atoms with Gasteiger partial charge in [0, 0.05) is 18.3 Å². The molecule has 3 rings (SSSR count).